The van der Waals surface area contributed by atoms with E-state index in [0.29, 0.717) is 11.8 Å². The van der Waals surface area contributed by atoms with Gasteiger partial charge in [0.15, 0.2) is 0 Å². The fraction of sp³-hybridized carbons (Fsp3) is 0.455. The van der Waals surface area contributed by atoms with Gasteiger partial charge in [0.05, 0.1) is 0 Å². The Balaban J connectivity index is 1.74. The van der Waals surface area contributed by atoms with Gasteiger partial charge in [-0.05, 0) is 98.6 Å². The summed E-state index contributed by atoms with van der Waals surface area (Å²) in [5, 5.41) is 0. The molecule has 4 N–H and O–H groups in total. The third kappa shape index (κ3) is 3.15. The Morgan fingerprint density at radius 1 is 0.583 bits per heavy atom. The highest BCUT2D eigenvalue weighted by atomic mass is 14.6. The predicted molar refractivity (Wildman–Crippen MR) is 105 cm³/mol. The first-order chi connectivity index (χ1) is 11.4. The summed E-state index contributed by atoms with van der Waals surface area (Å²) in [6.45, 7) is 8.49. The number of rotatable bonds is 2. The van der Waals surface area contributed by atoms with Gasteiger partial charge >= 0.3 is 0 Å². The molecule has 1 fully saturated rings. The topological polar surface area (TPSA) is 52.0 Å². The summed E-state index contributed by atoms with van der Waals surface area (Å²) >= 11 is 0. The summed E-state index contributed by atoms with van der Waals surface area (Å²) < 4.78 is 0. The van der Waals surface area contributed by atoms with Crippen molar-refractivity contribution in [3.8, 4) is 0 Å². The molecule has 0 atom stereocenters. The minimum absolute atomic E-state index is 0.676. The fourth-order valence-electron chi connectivity index (χ4n) is 4.25. The van der Waals surface area contributed by atoms with E-state index < -0.39 is 0 Å². The highest BCUT2D eigenvalue weighted by molar-refractivity contribution is 5.56. The maximum atomic E-state index is 6.11. The Labute approximate surface area is 146 Å². The molecule has 1 aliphatic rings. The van der Waals surface area contributed by atoms with Crippen LogP contribution in [0.25, 0.3) is 0 Å². The molecule has 0 bridgehead atoms. The summed E-state index contributed by atoms with van der Waals surface area (Å²) in [4.78, 5) is 0. The molecule has 1 aliphatic carbocycles. The third-order valence-corrected chi connectivity index (χ3v) is 5.90. The molecular weight excluding hydrogens is 292 g/mol. The SMILES string of the molecule is Cc1cc(C2CCC(c3cc(C)c(N)c(C)c3)CC2)cc(C)c1N. The van der Waals surface area contributed by atoms with Gasteiger partial charge in [-0.3, -0.25) is 0 Å². The van der Waals surface area contributed by atoms with Crippen LogP contribution in [0.5, 0.6) is 0 Å². The number of nitrogen functional groups attached to an aromatic ring is 2. The van der Waals surface area contributed by atoms with Crippen molar-refractivity contribution in [3.63, 3.8) is 0 Å². The Hall–Kier alpha value is -1.96. The second-order valence-corrected chi connectivity index (χ2v) is 7.69. The minimum atomic E-state index is 0.676. The zero-order valence-corrected chi connectivity index (χ0v) is 15.4. The van der Waals surface area contributed by atoms with Crippen molar-refractivity contribution in [2.24, 2.45) is 0 Å². The van der Waals surface area contributed by atoms with Crippen LogP contribution in [0.1, 0.15) is 70.9 Å². The van der Waals surface area contributed by atoms with Crippen molar-refractivity contribution in [3.05, 3.63) is 57.6 Å². The standard InChI is InChI=1S/C22H30N2/c1-13-9-19(10-14(2)21(13)23)17-5-7-18(8-6-17)20-11-15(3)22(24)16(4)12-20/h9-12,17-18H,5-8,23-24H2,1-4H3. The molecule has 2 nitrogen and oxygen atoms in total. The van der Waals surface area contributed by atoms with Crippen molar-refractivity contribution in [2.45, 2.75) is 65.2 Å². The molecule has 2 aromatic carbocycles. The highest BCUT2D eigenvalue weighted by Crippen LogP contribution is 2.42. The second kappa shape index (κ2) is 6.51. The zero-order valence-electron chi connectivity index (χ0n) is 15.4. The van der Waals surface area contributed by atoms with Crippen LogP contribution in [0.15, 0.2) is 24.3 Å². The molecule has 0 aromatic heterocycles. The van der Waals surface area contributed by atoms with Crippen molar-refractivity contribution in [1.82, 2.24) is 0 Å². The zero-order chi connectivity index (χ0) is 17.4. The van der Waals surface area contributed by atoms with Crippen LogP contribution in [0.2, 0.25) is 0 Å². The number of hydrogen-bond donors (Lipinski definition) is 2. The van der Waals surface area contributed by atoms with Gasteiger partial charge in [0.1, 0.15) is 0 Å². The maximum Gasteiger partial charge on any atom is 0.0373 e. The quantitative estimate of drug-likeness (QED) is 0.715. The Kier molecular flexibility index (Phi) is 4.58. The first-order valence-electron chi connectivity index (χ1n) is 9.10. The van der Waals surface area contributed by atoms with Crippen LogP contribution in [-0.2, 0) is 0 Å². The molecule has 0 saturated heterocycles. The normalized spacial score (nSPS) is 21.0. The van der Waals surface area contributed by atoms with Gasteiger partial charge in [0.25, 0.3) is 0 Å². The smallest absolute Gasteiger partial charge is 0.0373 e. The van der Waals surface area contributed by atoms with Crippen LogP contribution in [0, 0.1) is 27.7 Å². The summed E-state index contributed by atoms with van der Waals surface area (Å²) in [6.07, 6.45) is 5.04. The maximum absolute atomic E-state index is 6.11. The van der Waals surface area contributed by atoms with Crippen molar-refractivity contribution in [2.75, 3.05) is 11.5 Å². The summed E-state index contributed by atoms with van der Waals surface area (Å²) in [7, 11) is 0. The van der Waals surface area contributed by atoms with Crippen molar-refractivity contribution < 1.29 is 0 Å². The van der Waals surface area contributed by atoms with E-state index in [0.717, 1.165) is 11.4 Å². The van der Waals surface area contributed by atoms with E-state index in [1.807, 2.05) is 0 Å². The van der Waals surface area contributed by atoms with Gasteiger partial charge in [0, 0.05) is 11.4 Å². The highest BCUT2D eigenvalue weighted by Gasteiger charge is 2.24. The third-order valence-electron chi connectivity index (χ3n) is 5.90. The van der Waals surface area contributed by atoms with Crippen molar-refractivity contribution in [1.29, 1.82) is 0 Å². The summed E-state index contributed by atoms with van der Waals surface area (Å²) in [5.41, 5.74) is 21.9. The number of benzene rings is 2. The lowest BCUT2D eigenvalue weighted by Crippen LogP contribution is -2.13. The minimum Gasteiger partial charge on any atom is -0.398 e. The monoisotopic (exact) mass is 322 g/mol. The molecule has 0 radical (unpaired) electrons. The van der Waals surface area contributed by atoms with E-state index in [9.17, 15) is 0 Å². The predicted octanol–water partition coefficient (Wildman–Crippen LogP) is 5.53. The fourth-order valence-corrected chi connectivity index (χ4v) is 4.25. The van der Waals surface area contributed by atoms with E-state index in [4.69, 9.17) is 11.5 Å². The molecule has 2 heteroatoms. The van der Waals surface area contributed by atoms with Crippen LogP contribution in [-0.4, -0.2) is 0 Å². The van der Waals surface area contributed by atoms with Crippen LogP contribution < -0.4 is 11.5 Å². The van der Waals surface area contributed by atoms with Gasteiger partial charge in [-0.15, -0.1) is 0 Å². The molecule has 0 heterocycles. The van der Waals surface area contributed by atoms with E-state index in [1.165, 1.54) is 59.1 Å². The van der Waals surface area contributed by atoms with Gasteiger partial charge in [-0.1, -0.05) is 24.3 Å². The lowest BCUT2D eigenvalue weighted by molar-refractivity contribution is 0.396. The van der Waals surface area contributed by atoms with Crippen LogP contribution in [0.4, 0.5) is 11.4 Å². The number of aryl methyl sites for hydroxylation is 4. The first kappa shape index (κ1) is 16.9. The number of anilines is 2. The van der Waals surface area contributed by atoms with E-state index >= 15 is 0 Å². The molecule has 3 rings (SSSR count). The van der Waals surface area contributed by atoms with Crippen LogP contribution >= 0.6 is 0 Å². The first-order valence-corrected chi connectivity index (χ1v) is 9.10. The lowest BCUT2D eigenvalue weighted by atomic mass is 9.75. The Morgan fingerprint density at radius 3 is 1.08 bits per heavy atom. The Morgan fingerprint density at radius 2 is 0.833 bits per heavy atom. The molecule has 0 aliphatic heterocycles. The molecular formula is C22H30N2. The molecule has 0 unspecified atom stereocenters. The molecule has 0 spiro atoms. The molecule has 1 saturated carbocycles. The lowest BCUT2D eigenvalue weighted by Gasteiger charge is -2.30. The van der Waals surface area contributed by atoms with Gasteiger partial charge in [0.2, 0.25) is 0 Å². The number of hydrogen-bond acceptors (Lipinski definition) is 2. The van der Waals surface area contributed by atoms with Crippen molar-refractivity contribution >= 4 is 11.4 Å². The van der Waals surface area contributed by atoms with Gasteiger partial charge < -0.3 is 11.5 Å². The molecule has 24 heavy (non-hydrogen) atoms. The number of nitrogens with two attached hydrogens (primary N) is 2. The average Bonchev–Trinajstić information content (AvgIpc) is 2.57. The van der Waals surface area contributed by atoms with E-state index in [-0.39, 0.29) is 0 Å². The van der Waals surface area contributed by atoms with Gasteiger partial charge in [-0.25, -0.2) is 0 Å². The van der Waals surface area contributed by atoms with E-state index in [2.05, 4.69) is 52.0 Å². The summed E-state index contributed by atoms with van der Waals surface area (Å²) in [6, 6.07) is 9.19. The second-order valence-electron chi connectivity index (χ2n) is 7.69. The largest absolute Gasteiger partial charge is 0.398 e. The molecule has 0 amide bonds. The van der Waals surface area contributed by atoms with Crippen LogP contribution in [0.3, 0.4) is 0 Å². The molecule has 2 aromatic rings. The Bertz CT molecular complexity index is 641. The molecule has 128 valence electrons. The summed E-state index contributed by atoms with van der Waals surface area (Å²) in [5.74, 6) is 1.35. The van der Waals surface area contributed by atoms with E-state index in [1.54, 1.807) is 0 Å². The average molecular weight is 322 g/mol. The van der Waals surface area contributed by atoms with Gasteiger partial charge in [-0.2, -0.15) is 0 Å².